The maximum atomic E-state index is 11.7. The van der Waals surface area contributed by atoms with Crippen LogP contribution < -0.4 is 0 Å². The lowest BCUT2D eigenvalue weighted by molar-refractivity contribution is -0.392. The SMILES string of the molecule is CCS(=O)(=O)C(C)n1c([N+](=O)[O-])cnc1C. The molecular formula is C8H13N3O4S. The van der Waals surface area contributed by atoms with Crippen molar-refractivity contribution in [1.29, 1.82) is 0 Å². The van der Waals surface area contributed by atoms with Crippen molar-refractivity contribution >= 4 is 15.7 Å². The first kappa shape index (κ1) is 12.6. The number of aryl methyl sites for hydroxylation is 1. The minimum atomic E-state index is -3.38. The normalized spacial score (nSPS) is 13.7. The van der Waals surface area contributed by atoms with Crippen molar-refractivity contribution in [2.75, 3.05) is 5.75 Å². The van der Waals surface area contributed by atoms with Gasteiger partial charge in [0.2, 0.25) is 5.37 Å². The maximum Gasteiger partial charge on any atom is 0.343 e. The van der Waals surface area contributed by atoms with Crippen LogP contribution in [0, 0.1) is 17.0 Å². The standard InChI is InChI=1S/C8H13N3O4S/c1-4-16(14,15)7(3)10-6(2)9-5-8(10)11(12)13/h5,7H,4H2,1-3H3. The molecule has 0 aliphatic rings. The second kappa shape index (κ2) is 4.20. The number of imidazole rings is 1. The Morgan fingerprint density at radius 3 is 2.62 bits per heavy atom. The van der Waals surface area contributed by atoms with Gasteiger partial charge < -0.3 is 10.1 Å². The van der Waals surface area contributed by atoms with Gasteiger partial charge in [0.25, 0.3) is 0 Å². The molecule has 0 spiro atoms. The van der Waals surface area contributed by atoms with Gasteiger partial charge in [0.05, 0.1) is 5.75 Å². The number of nitro groups is 1. The molecule has 0 fully saturated rings. The minimum Gasteiger partial charge on any atom is -0.358 e. The highest BCUT2D eigenvalue weighted by molar-refractivity contribution is 7.91. The van der Waals surface area contributed by atoms with Gasteiger partial charge in [0, 0.05) is 6.92 Å². The molecule has 0 radical (unpaired) electrons. The predicted octanol–water partition coefficient (Wildman–Crippen LogP) is 1.05. The molecule has 1 rings (SSSR count). The fraction of sp³-hybridized carbons (Fsp3) is 0.625. The second-order valence-corrected chi connectivity index (χ2v) is 5.93. The molecule has 0 aliphatic heterocycles. The van der Waals surface area contributed by atoms with E-state index in [1.165, 1.54) is 20.8 Å². The summed E-state index contributed by atoms with van der Waals surface area (Å²) >= 11 is 0. The van der Waals surface area contributed by atoms with E-state index in [1.54, 1.807) is 0 Å². The Bertz CT molecular complexity index is 505. The largest absolute Gasteiger partial charge is 0.358 e. The molecule has 1 aromatic heterocycles. The van der Waals surface area contributed by atoms with Crippen LogP contribution >= 0.6 is 0 Å². The van der Waals surface area contributed by atoms with Crippen molar-refractivity contribution < 1.29 is 13.3 Å². The number of rotatable bonds is 4. The Morgan fingerprint density at radius 2 is 2.19 bits per heavy atom. The third kappa shape index (κ3) is 2.06. The van der Waals surface area contributed by atoms with Crippen molar-refractivity contribution in [2.45, 2.75) is 26.1 Å². The molecule has 8 heteroatoms. The van der Waals surface area contributed by atoms with E-state index in [4.69, 9.17) is 0 Å². The fourth-order valence-corrected chi connectivity index (χ4v) is 2.49. The highest BCUT2D eigenvalue weighted by atomic mass is 32.2. The lowest BCUT2D eigenvalue weighted by Crippen LogP contribution is -2.21. The van der Waals surface area contributed by atoms with Crippen LogP contribution in [0.25, 0.3) is 0 Å². The Labute approximate surface area is 93.2 Å². The molecule has 1 atom stereocenters. The van der Waals surface area contributed by atoms with Gasteiger partial charge in [0.1, 0.15) is 6.20 Å². The van der Waals surface area contributed by atoms with E-state index in [0.29, 0.717) is 5.82 Å². The summed E-state index contributed by atoms with van der Waals surface area (Å²) in [4.78, 5) is 13.8. The first-order valence-electron chi connectivity index (χ1n) is 4.71. The Hall–Kier alpha value is -1.44. The summed E-state index contributed by atoms with van der Waals surface area (Å²) in [5, 5.41) is 9.73. The van der Waals surface area contributed by atoms with E-state index in [2.05, 4.69) is 4.98 Å². The summed E-state index contributed by atoms with van der Waals surface area (Å²) in [7, 11) is -3.38. The molecule has 0 N–H and O–H groups in total. The van der Waals surface area contributed by atoms with E-state index in [0.717, 1.165) is 10.8 Å². The summed E-state index contributed by atoms with van der Waals surface area (Å²) < 4.78 is 24.4. The van der Waals surface area contributed by atoms with Crippen LogP contribution in [0.2, 0.25) is 0 Å². The van der Waals surface area contributed by atoms with Gasteiger partial charge in [-0.2, -0.15) is 4.57 Å². The highest BCUT2D eigenvalue weighted by Gasteiger charge is 2.31. The van der Waals surface area contributed by atoms with Gasteiger partial charge in [-0.1, -0.05) is 6.92 Å². The summed E-state index contributed by atoms with van der Waals surface area (Å²) in [6.07, 6.45) is 1.07. The van der Waals surface area contributed by atoms with Crippen LogP contribution in [0.4, 0.5) is 5.82 Å². The Balaban J connectivity index is 3.33. The van der Waals surface area contributed by atoms with E-state index in [9.17, 15) is 18.5 Å². The molecule has 0 saturated heterocycles. The van der Waals surface area contributed by atoms with Gasteiger partial charge >= 0.3 is 5.82 Å². The zero-order valence-corrected chi connectivity index (χ0v) is 10.1. The van der Waals surface area contributed by atoms with Crippen LogP contribution in [-0.2, 0) is 9.84 Å². The smallest absolute Gasteiger partial charge is 0.343 e. The lowest BCUT2D eigenvalue weighted by Gasteiger charge is -2.11. The predicted molar refractivity (Wildman–Crippen MR) is 57.8 cm³/mol. The van der Waals surface area contributed by atoms with Gasteiger partial charge in [-0.3, -0.25) is 0 Å². The molecule has 90 valence electrons. The van der Waals surface area contributed by atoms with Crippen molar-refractivity contribution in [1.82, 2.24) is 9.55 Å². The van der Waals surface area contributed by atoms with Gasteiger partial charge in [-0.05, 0) is 11.8 Å². The topological polar surface area (TPSA) is 95.1 Å². The van der Waals surface area contributed by atoms with E-state index < -0.39 is 20.1 Å². The Kier molecular flexibility index (Phi) is 3.32. The summed E-state index contributed by atoms with van der Waals surface area (Å²) in [5.74, 6) is -0.0543. The number of hydrogen-bond donors (Lipinski definition) is 0. The first-order chi connectivity index (χ1) is 7.31. The minimum absolute atomic E-state index is 0.0665. The summed E-state index contributed by atoms with van der Waals surface area (Å²) in [6.45, 7) is 4.46. The summed E-state index contributed by atoms with van der Waals surface area (Å²) in [6, 6.07) is 0. The Morgan fingerprint density at radius 1 is 1.62 bits per heavy atom. The maximum absolute atomic E-state index is 11.7. The third-order valence-corrected chi connectivity index (χ3v) is 4.49. The molecule has 0 aromatic carbocycles. The van der Waals surface area contributed by atoms with Crippen LogP contribution in [0.3, 0.4) is 0 Å². The monoisotopic (exact) mass is 247 g/mol. The van der Waals surface area contributed by atoms with Crippen LogP contribution in [0.5, 0.6) is 0 Å². The van der Waals surface area contributed by atoms with Crippen molar-refractivity contribution in [3.8, 4) is 0 Å². The van der Waals surface area contributed by atoms with E-state index >= 15 is 0 Å². The molecule has 7 nitrogen and oxygen atoms in total. The van der Waals surface area contributed by atoms with Crippen molar-refractivity contribution in [2.24, 2.45) is 0 Å². The molecule has 0 aliphatic carbocycles. The fourth-order valence-electron chi connectivity index (χ4n) is 1.43. The lowest BCUT2D eigenvalue weighted by atomic mass is 10.6. The van der Waals surface area contributed by atoms with E-state index in [1.807, 2.05) is 0 Å². The van der Waals surface area contributed by atoms with Crippen LogP contribution in [0.15, 0.2) is 6.20 Å². The first-order valence-corrected chi connectivity index (χ1v) is 6.42. The highest BCUT2D eigenvalue weighted by Crippen LogP contribution is 2.24. The number of sulfone groups is 1. The number of aromatic nitrogens is 2. The zero-order valence-electron chi connectivity index (χ0n) is 9.24. The van der Waals surface area contributed by atoms with E-state index in [-0.39, 0.29) is 11.6 Å². The second-order valence-electron chi connectivity index (χ2n) is 3.34. The van der Waals surface area contributed by atoms with Gasteiger partial charge in [0.15, 0.2) is 15.7 Å². The number of hydrogen-bond acceptors (Lipinski definition) is 5. The third-order valence-electron chi connectivity index (χ3n) is 2.44. The molecule has 1 heterocycles. The molecule has 1 unspecified atom stereocenters. The molecule has 16 heavy (non-hydrogen) atoms. The zero-order chi connectivity index (χ0) is 12.5. The quantitative estimate of drug-likeness (QED) is 0.585. The molecule has 1 aromatic rings. The van der Waals surface area contributed by atoms with Crippen molar-refractivity contribution in [3.05, 3.63) is 22.1 Å². The average molecular weight is 247 g/mol. The van der Waals surface area contributed by atoms with Gasteiger partial charge in [-0.25, -0.2) is 13.4 Å². The molecular weight excluding hydrogens is 234 g/mol. The molecule has 0 bridgehead atoms. The number of nitrogens with zero attached hydrogens (tertiary/aromatic N) is 3. The summed E-state index contributed by atoms with van der Waals surface area (Å²) in [5.41, 5.74) is 0. The molecule has 0 saturated carbocycles. The van der Waals surface area contributed by atoms with Gasteiger partial charge in [-0.15, -0.1) is 0 Å². The van der Waals surface area contributed by atoms with Crippen LogP contribution in [-0.4, -0.2) is 28.6 Å². The average Bonchev–Trinajstić information content (AvgIpc) is 2.59. The van der Waals surface area contributed by atoms with Crippen LogP contribution in [0.1, 0.15) is 25.0 Å². The molecule has 0 amide bonds. The van der Waals surface area contributed by atoms with Crippen molar-refractivity contribution in [3.63, 3.8) is 0 Å².